The van der Waals surface area contributed by atoms with Gasteiger partial charge >= 0.3 is 175 Å². The minimum atomic E-state index is -0.866. The van der Waals surface area contributed by atoms with E-state index in [2.05, 4.69) is 0 Å². The first-order valence-corrected chi connectivity index (χ1v) is 13.4. The van der Waals surface area contributed by atoms with Crippen LogP contribution in [0.15, 0.2) is 30.3 Å². The molecule has 0 bridgehead atoms. The van der Waals surface area contributed by atoms with Gasteiger partial charge in [-0.25, -0.2) is 0 Å². The fourth-order valence-corrected chi connectivity index (χ4v) is 5.06. The summed E-state index contributed by atoms with van der Waals surface area (Å²) in [5, 5.41) is 22.2. The van der Waals surface area contributed by atoms with Crippen LogP contribution in [0.1, 0.15) is 44.4 Å². The van der Waals surface area contributed by atoms with Crippen LogP contribution in [0.25, 0.3) is 0 Å². The standard InChI is InChI=1S/C20H21O6.3C2H4O2.Pb/c1-21-14-6-4-13(5-7-14)18-12-20(24-8-9-25-20)19-16(23-3)10-15(22-2)11-17(19)26-18;3*1-2(3)4;/h4-7,10,18H,8-9,12H2,1-3H3;3*1H3,(H,3,4);. The molecule has 13 heteroatoms. The topological polar surface area (TPSA) is 167 Å². The number of carboxylic acid groups (broad SMARTS) is 3. The molecule has 213 valence electrons. The van der Waals surface area contributed by atoms with Crippen LogP contribution in [-0.4, -0.2) is 93.5 Å². The van der Waals surface area contributed by atoms with Crippen molar-refractivity contribution in [3.63, 3.8) is 0 Å². The predicted molar refractivity (Wildman–Crippen MR) is 139 cm³/mol. The van der Waals surface area contributed by atoms with Gasteiger partial charge in [-0.05, 0) is 0 Å². The molecule has 2 aliphatic rings. The molecule has 12 nitrogen and oxygen atoms in total. The van der Waals surface area contributed by atoms with Gasteiger partial charge in [-0.2, -0.15) is 0 Å². The summed E-state index contributed by atoms with van der Waals surface area (Å²) in [5.74, 6) is -0.372. The Morgan fingerprint density at radius 3 is 1.72 bits per heavy atom. The van der Waals surface area contributed by atoms with E-state index in [4.69, 9.17) is 58.1 Å². The molecule has 1 unspecified atom stereocenters. The van der Waals surface area contributed by atoms with Gasteiger partial charge in [0.05, 0.1) is 0 Å². The minimum absolute atomic E-state index is 0.203. The SMILES string of the molecule is CC(=O)O.CC(=O)O.CC(=O)O.COc1ccc(C2CC3(OCCO3)c3c(OC)cc(OC)[c]([Pb])c3O2)cc1. The first-order valence-electron chi connectivity index (χ1n) is 11.5. The van der Waals surface area contributed by atoms with Crippen LogP contribution in [0.4, 0.5) is 0 Å². The Hall–Kier alpha value is -3.11. The maximum atomic E-state index is 9.00. The van der Waals surface area contributed by atoms with Crippen molar-refractivity contribution in [2.24, 2.45) is 0 Å². The maximum absolute atomic E-state index is 9.00. The molecule has 1 atom stereocenters. The molecule has 1 fully saturated rings. The normalized spacial score (nSPS) is 15.8. The molecule has 0 aliphatic carbocycles. The Morgan fingerprint density at radius 2 is 1.31 bits per heavy atom. The molecule has 2 aromatic rings. The fourth-order valence-electron chi connectivity index (χ4n) is 3.66. The number of methoxy groups -OCH3 is 3. The van der Waals surface area contributed by atoms with Crippen molar-refractivity contribution in [2.45, 2.75) is 39.1 Å². The molecule has 4 rings (SSSR count). The van der Waals surface area contributed by atoms with Gasteiger partial charge in [-0.15, -0.1) is 0 Å². The van der Waals surface area contributed by atoms with Gasteiger partial charge in [0, 0.05) is 20.8 Å². The number of hydrogen-bond donors (Lipinski definition) is 3. The van der Waals surface area contributed by atoms with Gasteiger partial charge in [0.1, 0.15) is 0 Å². The molecule has 3 radical (unpaired) electrons. The van der Waals surface area contributed by atoms with Crippen molar-refractivity contribution in [1.29, 1.82) is 0 Å². The van der Waals surface area contributed by atoms with Crippen LogP contribution in [-0.2, 0) is 29.6 Å². The zero-order valence-electron chi connectivity index (χ0n) is 22.6. The monoisotopic (exact) mass is 745 g/mol. The van der Waals surface area contributed by atoms with Gasteiger partial charge in [0.25, 0.3) is 17.9 Å². The summed E-state index contributed by atoms with van der Waals surface area (Å²) in [6.07, 6.45) is 0.349. The average molecular weight is 745 g/mol. The van der Waals surface area contributed by atoms with Gasteiger partial charge in [-0.3, -0.25) is 14.4 Å². The first kappa shape index (κ1) is 33.9. The van der Waals surface area contributed by atoms with Gasteiger partial charge in [0.2, 0.25) is 0 Å². The van der Waals surface area contributed by atoms with Gasteiger partial charge < -0.3 is 15.3 Å². The summed E-state index contributed by atoms with van der Waals surface area (Å²) in [7, 11) is 4.95. The molecule has 39 heavy (non-hydrogen) atoms. The van der Waals surface area contributed by atoms with Crippen LogP contribution in [0.2, 0.25) is 0 Å². The van der Waals surface area contributed by atoms with E-state index < -0.39 is 23.7 Å². The summed E-state index contributed by atoms with van der Waals surface area (Å²) in [6, 6.07) is 9.80. The summed E-state index contributed by atoms with van der Waals surface area (Å²) >= 11 is 0.755. The van der Waals surface area contributed by atoms with Crippen LogP contribution >= 0.6 is 0 Å². The van der Waals surface area contributed by atoms with Crippen molar-refractivity contribution < 1.29 is 58.1 Å². The quantitative estimate of drug-likeness (QED) is 0.392. The van der Waals surface area contributed by atoms with E-state index in [1.807, 2.05) is 30.3 Å². The summed E-state index contributed by atoms with van der Waals surface area (Å²) in [5.41, 5.74) is 1.88. The summed E-state index contributed by atoms with van der Waals surface area (Å²) in [4.78, 5) is 27.0. The van der Waals surface area contributed by atoms with Crippen LogP contribution in [0, 0.1) is 0 Å². The van der Waals surface area contributed by atoms with Crippen molar-refractivity contribution in [3.8, 4) is 23.0 Å². The Bertz CT molecular complexity index is 1070. The van der Waals surface area contributed by atoms with E-state index in [-0.39, 0.29) is 6.10 Å². The van der Waals surface area contributed by atoms with Crippen LogP contribution in [0.3, 0.4) is 0 Å². The number of ether oxygens (including phenoxy) is 6. The van der Waals surface area contributed by atoms with Crippen molar-refractivity contribution >= 4 is 46.8 Å². The summed E-state index contributed by atoms with van der Waals surface area (Å²) < 4.78 is 36.3. The number of fused-ring (bicyclic) bond motifs is 2. The average Bonchev–Trinajstić information content (AvgIpc) is 3.32. The van der Waals surface area contributed by atoms with E-state index in [0.29, 0.717) is 25.4 Å². The third-order valence-electron chi connectivity index (χ3n) is 4.99. The molecule has 0 amide bonds. The molecule has 1 saturated heterocycles. The number of carboxylic acids is 3. The van der Waals surface area contributed by atoms with Crippen LogP contribution < -0.4 is 22.1 Å². The molecule has 2 aromatic carbocycles. The van der Waals surface area contributed by atoms with E-state index in [0.717, 1.165) is 78.0 Å². The van der Waals surface area contributed by atoms with Gasteiger partial charge in [-0.1, -0.05) is 0 Å². The Morgan fingerprint density at radius 1 is 0.846 bits per heavy atom. The van der Waals surface area contributed by atoms with Crippen LogP contribution in [0.5, 0.6) is 23.0 Å². The molecular formula is C26H33O12Pb. The predicted octanol–water partition coefficient (Wildman–Crippen LogP) is 2.50. The Balaban J connectivity index is 0.000000538. The number of rotatable bonds is 4. The van der Waals surface area contributed by atoms with E-state index >= 15 is 0 Å². The second-order valence-corrected chi connectivity index (χ2v) is 9.89. The summed E-state index contributed by atoms with van der Waals surface area (Å²) in [6.45, 7) is 4.33. The van der Waals surface area contributed by atoms with Crippen molar-refractivity contribution in [2.75, 3.05) is 34.5 Å². The Labute approximate surface area is 242 Å². The first-order chi connectivity index (χ1) is 18.3. The third-order valence-corrected chi connectivity index (χ3v) is 6.83. The number of hydrogen-bond acceptors (Lipinski definition) is 9. The van der Waals surface area contributed by atoms with Crippen molar-refractivity contribution in [3.05, 3.63) is 41.5 Å². The van der Waals surface area contributed by atoms with Crippen molar-refractivity contribution in [1.82, 2.24) is 0 Å². The second kappa shape index (κ2) is 16.1. The third kappa shape index (κ3) is 10.2. The molecule has 2 aliphatic heterocycles. The molecule has 2 heterocycles. The van der Waals surface area contributed by atoms with Gasteiger partial charge in [0.15, 0.2) is 0 Å². The molecular weight excluding hydrogens is 711 g/mol. The number of benzene rings is 2. The Kier molecular flexibility index (Phi) is 14.0. The number of carbonyl (C=O) groups is 3. The zero-order chi connectivity index (χ0) is 29.8. The molecule has 3 N–H and O–H groups in total. The zero-order valence-corrected chi connectivity index (χ0v) is 26.5. The second-order valence-electron chi connectivity index (χ2n) is 7.95. The van der Waals surface area contributed by atoms with E-state index in [1.165, 1.54) is 0 Å². The fraction of sp³-hybridized carbons (Fsp3) is 0.423. The van der Waals surface area contributed by atoms with E-state index in [1.54, 1.807) is 21.3 Å². The molecule has 0 saturated carbocycles. The number of aliphatic carboxylic acids is 3. The molecule has 1 spiro atoms. The molecule has 0 aromatic heterocycles. The van der Waals surface area contributed by atoms with E-state index in [9.17, 15) is 0 Å².